The number of methoxy groups -OCH3 is 2. The molecule has 0 aromatic heterocycles. The van der Waals surface area contributed by atoms with Gasteiger partial charge in [0.2, 0.25) is 0 Å². The average molecular weight is 209 g/mol. The molecule has 0 spiro atoms. The van der Waals surface area contributed by atoms with Gasteiger partial charge in [-0.25, -0.2) is 0 Å². The Kier molecular flexibility index (Phi) is 2.79. The van der Waals surface area contributed by atoms with Gasteiger partial charge in [-0.3, -0.25) is 0 Å². The monoisotopic (exact) mass is 209 g/mol. The second kappa shape index (κ2) is 4.08. The summed E-state index contributed by atoms with van der Waals surface area (Å²) >= 11 is 0. The molecule has 1 aromatic rings. The summed E-state index contributed by atoms with van der Waals surface area (Å²) in [5, 5.41) is 13.0. The van der Waals surface area contributed by atoms with Crippen molar-refractivity contribution in [3.05, 3.63) is 23.3 Å². The van der Waals surface area contributed by atoms with E-state index in [9.17, 15) is 5.11 Å². The smallest absolute Gasteiger partial charge is 0.125 e. The van der Waals surface area contributed by atoms with Gasteiger partial charge in [-0.2, -0.15) is 0 Å². The third kappa shape index (κ3) is 1.66. The Hall–Kier alpha value is -1.26. The highest BCUT2D eigenvalue weighted by Crippen LogP contribution is 2.36. The van der Waals surface area contributed by atoms with E-state index in [0.717, 1.165) is 22.6 Å². The summed E-state index contributed by atoms with van der Waals surface area (Å²) < 4.78 is 10.5. The molecule has 0 bridgehead atoms. The van der Waals surface area contributed by atoms with Crippen LogP contribution in [-0.4, -0.2) is 25.9 Å². The van der Waals surface area contributed by atoms with Crippen LogP contribution in [-0.2, 0) is 6.54 Å². The third-order valence-electron chi connectivity index (χ3n) is 2.69. The van der Waals surface area contributed by atoms with Crippen LogP contribution in [0.2, 0.25) is 0 Å². The fourth-order valence-corrected chi connectivity index (χ4v) is 1.98. The molecule has 1 atom stereocenters. The van der Waals surface area contributed by atoms with Crippen LogP contribution in [0, 0.1) is 0 Å². The molecule has 82 valence electrons. The number of hydrogen-bond acceptors (Lipinski definition) is 4. The fraction of sp³-hybridized carbons (Fsp3) is 0.455. The molecule has 0 aliphatic carbocycles. The van der Waals surface area contributed by atoms with Crippen molar-refractivity contribution in [3.8, 4) is 11.5 Å². The minimum atomic E-state index is -0.529. The van der Waals surface area contributed by atoms with Gasteiger partial charge in [0.1, 0.15) is 11.5 Å². The SMILES string of the molecule is COc1ccc(OC)c2c1CNC[C@H]2O. The normalized spacial score (nSPS) is 19.5. The number of rotatable bonds is 2. The third-order valence-corrected chi connectivity index (χ3v) is 2.69. The molecule has 15 heavy (non-hydrogen) atoms. The molecule has 1 aliphatic heterocycles. The summed E-state index contributed by atoms with van der Waals surface area (Å²) in [6, 6.07) is 3.68. The zero-order chi connectivity index (χ0) is 10.8. The van der Waals surface area contributed by atoms with Gasteiger partial charge in [-0.05, 0) is 12.1 Å². The molecular formula is C11H15NO3. The zero-order valence-electron chi connectivity index (χ0n) is 8.91. The predicted octanol–water partition coefficient (Wildman–Crippen LogP) is 0.840. The lowest BCUT2D eigenvalue weighted by molar-refractivity contribution is 0.159. The minimum absolute atomic E-state index is 0.529. The molecule has 1 heterocycles. The number of aliphatic hydroxyl groups is 1. The molecule has 4 heteroatoms. The molecule has 0 amide bonds. The van der Waals surface area contributed by atoms with Crippen LogP contribution in [0.25, 0.3) is 0 Å². The maximum absolute atomic E-state index is 9.90. The Morgan fingerprint density at radius 3 is 2.60 bits per heavy atom. The summed E-state index contributed by atoms with van der Waals surface area (Å²) in [4.78, 5) is 0. The molecule has 0 unspecified atom stereocenters. The first kappa shape index (κ1) is 10.3. The molecule has 0 fully saturated rings. The largest absolute Gasteiger partial charge is 0.496 e. The van der Waals surface area contributed by atoms with Crippen LogP contribution in [0.15, 0.2) is 12.1 Å². The highest BCUT2D eigenvalue weighted by Gasteiger charge is 2.24. The van der Waals surface area contributed by atoms with E-state index in [-0.39, 0.29) is 0 Å². The Balaban J connectivity index is 2.56. The van der Waals surface area contributed by atoms with Gasteiger partial charge < -0.3 is 19.9 Å². The maximum atomic E-state index is 9.90. The van der Waals surface area contributed by atoms with Crippen LogP contribution in [0.1, 0.15) is 17.2 Å². The van der Waals surface area contributed by atoms with Crippen molar-refractivity contribution >= 4 is 0 Å². The van der Waals surface area contributed by atoms with Crippen molar-refractivity contribution < 1.29 is 14.6 Å². The van der Waals surface area contributed by atoms with E-state index in [1.807, 2.05) is 12.1 Å². The van der Waals surface area contributed by atoms with Crippen LogP contribution >= 0.6 is 0 Å². The van der Waals surface area contributed by atoms with Crippen LogP contribution in [0.3, 0.4) is 0 Å². The molecule has 1 aliphatic rings. The van der Waals surface area contributed by atoms with Crippen molar-refractivity contribution in [1.82, 2.24) is 5.32 Å². The maximum Gasteiger partial charge on any atom is 0.125 e. The van der Waals surface area contributed by atoms with Crippen molar-refractivity contribution in [3.63, 3.8) is 0 Å². The Bertz CT molecular complexity index is 365. The zero-order valence-corrected chi connectivity index (χ0v) is 8.91. The lowest BCUT2D eigenvalue weighted by atomic mass is 9.96. The molecule has 2 N–H and O–H groups in total. The van der Waals surface area contributed by atoms with Gasteiger partial charge in [-0.1, -0.05) is 0 Å². The lowest BCUT2D eigenvalue weighted by Gasteiger charge is -2.26. The van der Waals surface area contributed by atoms with Crippen LogP contribution in [0.4, 0.5) is 0 Å². The average Bonchev–Trinajstić information content (AvgIpc) is 2.28. The standard InChI is InChI=1S/C11H15NO3/c1-14-9-3-4-10(15-2)11-7(9)5-12-6-8(11)13/h3-4,8,12-13H,5-6H2,1-2H3/t8-/m1/s1. The molecular weight excluding hydrogens is 194 g/mol. The quantitative estimate of drug-likeness (QED) is 0.758. The number of β-amino-alcohol motifs (C(OH)–C–C–N with tert-alkyl or cyclic N) is 1. The first-order valence-electron chi connectivity index (χ1n) is 4.90. The van der Waals surface area contributed by atoms with Crippen molar-refractivity contribution in [2.75, 3.05) is 20.8 Å². The summed E-state index contributed by atoms with van der Waals surface area (Å²) in [5.41, 5.74) is 1.83. The summed E-state index contributed by atoms with van der Waals surface area (Å²) in [6.45, 7) is 1.25. The lowest BCUT2D eigenvalue weighted by Crippen LogP contribution is -2.28. The van der Waals surface area contributed by atoms with Crippen molar-refractivity contribution in [1.29, 1.82) is 0 Å². The van der Waals surface area contributed by atoms with E-state index < -0.39 is 6.10 Å². The molecule has 2 rings (SSSR count). The number of nitrogens with one attached hydrogen (secondary N) is 1. The number of benzene rings is 1. The van der Waals surface area contributed by atoms with E-state index in [4.69, 9.17) is 9.47 Å². The molecule has 0 radical (unpaired) electrons. The second-order valence-corrected chi connectivity index (χ2v) is 3.51. The van der Waals surface area contributed by atoms with E-state index in [1.54, 1.807) is 14.2 Å². The van der Waals surface area contributed by atoms with Gasteiger partial charge in [0.25, 0.3) is 0 Å². The summed E-state index contributed by atoms with van der Waals surface area (Å²) in [7, 11) is 3.24. The second-order valence-electron chi connectivity index (χ2n) is 3.51. The van der Waals surface area contributed by atoms with Crippen molar-refractivity contribution in [2.45, 2.75) is 12.6 Å². The van der Waals surface area contributed by atoms with Crippen LogP contribution in [0.5, 0.6) is 11.5 Å². The van der Waals surface area contributed by atoms with Gasteiger partial charge in [0, 0.05) is 24.2 Å². The highest BCUT2D eigenvalue weighted by molar-refractivity contribution is 5.51. The van der Waals surface area contributed by atoms with Crippen LogP contribution < -0.4 is 14.8 Å². The molecule has 1 aromatic carbocycles. The van der Waals surface area contributed by atoms with Crippen molar-refractivity contribution in [2.24, 2.45) is 0 Å². The Morgan fingerprint density at radius 1 is 1.27 bits per heavy atom. The highest BCUT2D eigenvalue weighted by atomic mass is 16.5. The number of hydrogen-bond donors (Lipinski definition) is 2. The number of fused-ring (bicyclic) bond motifs is 1. The van der Waals surface area contributed by atoms with Gasteiger partial charge in [0.15, 0.2) is 0 Å². The van der Waals surface area contributed by atoms with E-state index in [2.05, 4.69) is 5.32 Å². The van der Waals surface area contributed by atoms with Gasteiger partial charge >= 0.3 is 0 Å². The molecule has 0 saturated heterocycles. The summed E-state index contributed by atoms with van der Waals surface area (Å²) in [5.74, 6) is 1.51. The number of ether oxygens (including phenoxy) is 2. The van der Waals surface area contributed by atoms with Gasteiger partial charge in [-0.15, -0.1) is 0 Å². The number of aliphatic hydroxyl groups excluding tert-OH is 1. The summed E-state index contributed by atoms with van der Waals surface area (Å²) in [6.07, 6.45) is -0.529. The Labute approximate surface area is 88.8 Å². The Morgan fingerprint density at radius 2 is 1.93 bits per heavy atom. The van der Waals surface area contributed by atoms with E-state index in [0.29, 0.717) is 13.1 Å². The van der Waals surface area contributed by atoms with E-state index in [1.165, 1.54) is 0 Å². The molecule has 0 saturated carbocycles. The fourth-order valence-electron chi connectivity index (χ4n) is 1.98. The minimum Gasteiger partial charge on any atom is -0.496 e. The molecule has 4 nitrogen and oxygen atoms in total. The first-order valence-corrected chi connectivity index (χ1v) is 4.90. The van der Waals surface area contributed by atoms with Gasteiger partial charge in [0.05, 0.1) is 20.3 Å². The predicted molar refractivity (Wildman–Crippen MR) is 56.2 cm³/mol. The topological polar surface area (TPSA) is 50.7 Å². The first-order chi connectivity index (χ1) is 7.27. The van der Waals surface area contributed by atoms with E-state index >= 15 is 0 Å².